The van der Waals surface area contributed by atoms with E-state index in [9.17, 15) is 4.79 Å². The number of piperidine rings is 1. The van der Waals surface area contributed by atoms with Gasteiger partial charge >= 0.3 is 0 Å². The number of amides is 1. The number of hydrogen-bond acceptors (Lipinski definition) is 6. The highest BCUT2D eigenvalue weighted by atomic mass is 16.5. The summed E-state index contributed by atoms with van der Waals surface area (Å²) >= 11 is 0. The van der Waals surface area contributed by atoms with Crippen molar-refractivity contribution < 1.29 is 9.32 Å². The van der Waals surface area contributed by atoms with Gasteiger partial charge < -0.3 is 24.6 Å². The van der Waals surface area contributed by atoms with Crippen LogP contribution in [0.1, 0.15) is 46.6 Å². The molecule has 2 aromatic rings. The van der Waals surface area contributed by atoms with E-state index < -0.39 is 0 Å². The molecule has 1 amide bonds. The zero-order valence-electron chi connectivity index (χ0n) is 15.3. The fourth-order valence-electron chi connectivity index (χ4n) is 4.12. The number of likely N-dealkylation sites (N-methyl/N-ethyl adjacent to an activating group) is 1. The summed E-state index contributed by atoms with van der Waals surface area (Å²) in [7, 11) is 4.06. The van der Waals surface area contributed by atoms with Crippen LogP contribution in [0.5, 0.6) is 0 Å². The third kappa shape index (κ3) is 3.39. The number of nitrogens with zero attached hydrogens (tertiary/aromatic N) is 4. The molecule has 4 heterocycles. The first-order chi connectivity index (χ1) is 12.6. The van der Waals surface area contributed by atoms with E-state index in [2.05, 4.69) is 32.7 Å². The second-order valence-corrected chi connectivity index (χ2v) is 7.48. The van der Waals surface area contributed by atoms with Crippen LogP contribution in [0.3, 0.4) is 0 Å². The molecule has 2 N–H and O–H groups in total. The van der Waals surface area contributed by atoms with Crippen molar-refractivity contribution in [1.82, 2.24) is 30.2 Å². The van der Waals surface area contributed by atoms with Gasteiger partial charge in [-0.2, -0.15) is 0 Å². The fraction of sp³-hybridized carbons (Fsp3) is 0.611. The van der Waals surface area contributed by atoms with Gasteiger partial charge in [0.2, 0.25) is 5.76 Å². The molecule has 0 spiro atoms. The first kappa shape index (κ1) is 17.2. The third-order valence-electron chi connectivity index (χ3n) is 5.56. The maximum atomic E-state index is 12.7. The topological polar surface area (TPSA) is 88.2 Å². The van der Waals surface area contributed by atoms with E-state index in [1.54, 1.807) is 6.33 Å². The Morgan fingerprint density at radius 1 is 1.31 bits per heavy atom. The van der Waals surface area contributed by atoms with Crippen molar-refractivity contribution in [3.63, 3.8) is 0 Å². The first-order valence-electron chi connectivity index (χ1n) is 9.24. The molecular formula is C18H26N6O2. The summed E-state index contributed by atoms with van der Waals surface area (Å²) < 4.78 is 7.37. The van der Waals surface area contributed by atoms with Crippen LogP contribution in [0.25, 0.3) is 0 Å². The molecule has 2 aromatic heterocycles. The summed E-state index contributed by atoms with van der Waals surface area (Å²) in [5.74, 6) is 0.701. The number of rotatable bonds is 4. The van der Waals surface area contributed by atoms with Gasteiger partial charge in [0.15, 0.2) is 0 Å². The number of nitrogens with one attached hydrogen (secondary N) is 2. The molecule has 26 heavy (non-hydrogen) atoms. The van der Waals surface area contributed by atoms with Gasteiger partial charge in [0, 0.05) is 49.9 Å². The van der Waals surface area contributed by atoms with Gasteiger partial charge in [-0.3, -0.25) is 4.79 Å². The van der Waals surface area contributed by atoms with E-state index >= 15 is 0 Å². The minimum absolute atomic E-state index is 0.0235. The Kier molecular flexibility index (Phi) is 4.78. The number of hydrogen-bond donors (Lipinski definition) is 2. The molecule has 0 saturated carbocycles. The molecule has 2 atom stereocenters. The predicted octanol–water partition coefficient (Wildman–Crippen LogP) is 0.703. The highest BCUT2D eigenvalue weighted by Crippen LogP contribution is 2.27. The molecule has 0 aromatic carbocycles. The van der Waals surface area contributed by atoms with Crippen molar-refractivity contribution in [3.05, 3.63) is 35.7 Å². The number of aromatic nitrogens is 3. The van der Waals surface area contributed by atoms with Crippen molar-refractivity contribution >= 4 is 5.91 Å². The van der Waals surface area contributed by atoms with Gasteiger partial charge in [-0.05, 0) is 33.0 Å². The lowest BCUT2D eigenvalue weighted by Gasteiger charge is -2.20. The van der Waals surface area contributed by atoms with Crippen LogP contribution in [-0.2, 0) is 7.05 Å². The molecule has 0 bridgehead atoms. The maximum absolute atomic E-state index is 12.7. The Labute approximate surface area is 152 Å². The quantitative estimate of drug-likeness (QED) is 0.837. The smallest absolute Gasteiger partial charge is 0.290 e. The predicted molar refractivity (Wildman–Crippen MR) is 96.0 cm³/mol. The number of aryl methyl sites for hydroxylation is 1. The lowest BCUT2D eigenvalue weighted by molar-refractivity contribution is 0.0897. The monoisotopic (exact) mass is 358 g/mol. The van der Waals surface area contributed by atoms with E-state index in [0.29, 0.717) is 11.7 Å². The van der Waals surface area contributed by atoms with Crippen molar-refractivity contribution in [1.29, 1.82) is 0 Å². The molecular weight excluding hydrogens is 332 g/mol. The largest absolute Gasteiger partial charge is 0.351 e. The molecule has 0 radical (unpaired) electrons. The number of carbonyl (C=O) groups is 1. The van der Waals surface area contributed by atoms with Gasteiger partial charge in [-0.15, -0.1) is 0 Å². The summed E-state index contributed by atoms with van der Waals surface area (Å²) in [6, 6.07) is 1.83. The molecule has 8 nitrogen and oxygen atoms in total. The minimum atomic E-state index is -0.190. The average molecular weight is 358 g/mol. The highest BCUT2D eigenvalue weighted by Gasteiger charge is 2.35. The van der Waals surface area contributed by atoms with Crippen LogP contribution in [0.4, 0.5) is 0 Å². The number of imidazole rings is 1. The first-order valence-corrected chi connectivity index (χ1v) is 9.24. The van der Waals surface area contributed by atoms with Crippen LogP contribution in [0.2, 0.25) is 0 Å². The Bertz CT molecular complexity index is 763. The van der Waals surface area contributed by atoms with Crippen LogP contribution < -0.4 is 10.6 Å². The molecule has 2 aliphatic heterocycles. The average Bonchev–Trinajstić information content (AvgIpc) is 3.36. The SMILES string of the molecule is CN1C[C@@H](NC(=O)c2cc(C3CCNCC3)no2)[C@H](c2cncn2C)C1. The lowest BCUT2D eigenvalue weighted by atomic mass is 9.94. The Morgan fingerprint density at radius 2 is 2.12 bits per heavy atom. The van der Waals surface area contributed by atoms with E-state index in [-0.39, 0.29) is 17.9 Å². The van der Waals surface area contributed by atoms with Crippen LogP contribution in [0.15, 0.2) is 23.1 Å². The van der Waals surface area contributed by atoms with Crippen molar-refractivity contribution in [3.8, 4) is 0 Å². The molecule has 2 fully saturated rings. The van der Waals surface area contributed by atoms with E-state index in [1.807, 2.05) is 23.9 Å². The molecule has 2 saturated heterocycles. The summed E-state index contributed by atoms with van der Waals surface area (Å²) in [5.41, 5.74) is 2.02. The van der Waals surface area contributed by atoms with Gasteiger partial charge in [-0.1, -0.05) is 5.16 Å². The summed E-state index contributed by atoms with van der Waals surface area (Å²) in [5, 5.41) is 10.6. The zero-order chi connectivity index (χ0) is 18.1. The van der Waals surface area contributed by atoms with Gasteiger partial charge in [0.05, 0.1) is 18.1 Å². The maximum Gasteiger partial charge on any atom is 0.290 e. The van der Waals surface area contributed by atoms with E-state index in [1.165, 1.54) is 0 Å². The zero-order valence-corrected chi connectivity index (χ0v) is 15.3. The Balaban J connectivity index is 1.45. The van der Waals surface area contributed by atoms with Gasteiger partial charge in [-0.25, -0.2) is 4.98 Å². The second-order valence-electron chi connectivity index (χ2n) is 7.48. The molecule has 8 heteroatoms. The Hall–Kier alpha value is -2.19. The molecule has 140 valence electrons. The normalized spacial score (nSPS) is 24.8. The van der Waals surface area contributed by atoms with Crippen LogP contribution >= 0.6 is 0 Å². The van der Waals surface area contributed by atoms with Gasteiger partial charge in [0.1, 0.15) is 0 Å². The van der Waals surface area contributed by atoms with Crippen LogP contribution in [-0.4, -0.2) is 64.8 Å². The number of likely N-dealkylation sites (tertiary alicyclic amines) is 1. The van der Waals surface area contributed by atoms with Crippen molar-refractivity contribution in [2.45, 2.75) is 30.7 Å². The summed E-state index contributed by atoms with van der Waals surface area (Å²) in [6.45, 7) is 3.66. The van der Waals surface area contributed by atoms with E-state index in [4.69, 9.17) is 4.52 Å². The second kappa shape index (κ2) is 7.20. The highest BCUT2D eigenvalue weighted by molar-refractivity contribution is 5.91. The number of carbonyl (C=O) groups excluding carboxylic acids is 1. The third-order valence-corrected chi connectivity index (χ3v) is 5.56. The molecule has 4 rings (SSSR count). The molecule has 0 unspecified atom stereocenters. The summed E-state index contributed by atoms with van der Waals surface area (Å²) in [4.78, 5) is 19.1. The van der Waals surface area contributed by atoms with E-state index in [0.717, 1.165) is 50.4 Å². The van der Waals surface area contributed by atoms with Gasteiger partial charge in [0.25, 0.3) is 5.91 Å². The molecule has 2 aliphatic rings. The van der Waals surface area contributed by atoms with Crippen molar-refractivity contribution in [2.24, 2.45) is 7.05 Å². The molecule has 0 aliphatic carbocycles. The summed E-state index contributed by atoms with van der Waals surface area (Å²) in [6.07, 6.45) is 5.74. The lowest BCUT2D eigenvalue weighted by Crippen LogP contribution is -2.39. The van der Waals surface area contributed by atoms with Crippen molar-refractivity contribution in [2.75, 3.05) is 33.2 Å². The fourth-order valence-corrected chi connectivity index (χ4v) is 4.12. The van der Waals surface area contributed by atoms with Crippen LogP contribution in [0, 0.1) is 0 Å². The standard InChI is InChI=1S/C18H26N6O2/c1-23-9-13(16-8-20-11-24(16)2)15(10-23)21-18(25)17-7-14(22-26-17)12-3-5-19-6-4-12/h7-8,11-13,15,19H,3-6,9-10H2,1-2H3,(H,21,25)/t13-,15-/m1/s1. The minimum Gasteiger partial charge on any atom is -0.351 e. The Morgan fingerprint density at radius 3 is 2.85 bits per heavy atom.